The molecule has 0 radical (unpaired) electrons. The molecular weight excluding hydrogens is 212 g/mol. The van der Waals surface area contributed by atoms with Gasteiger partial charge in [0.25, 0.3) is 0 Å². The number of nitrogens with zero attached hydrogens (tertiary/aromatic N) is 1. The van der Waals surface area contributed by atoms with Gasteiger partial charge in [-0.2, -0.15) is 0 Å². The van der Waals surface area contributed by atoms with Crippen LogP contribution in [0.4, 0.5) is 0 Å². The Kier molecular flexibility index (Phi) is 4.98. The monoisotopic (exact) mass is 234 g/mol. The zero-order valence-electron chi connectivity index (χ0n) is 10.3. The van der Waals surface area contributed by atoms with Gasteiger partial charge in [0.2, 0.25) is 0 Å². The van der Waals surface area contributed by atoms with Crippen LogP contribution in [-0.2, 0) is 11.3 Å². The third-order valence-electron chi connectivity index (χ3n) is 3.18. The van der Waals surface area contributed by atoms with Gasteiger partial charge in [-0.1, -0.05) is 30.3 Å². The summed E-state index contributed by atoms with van der Waals surface area (Å²) in [6.45, 7) is 4.88. The second-order valence-electron chi connectivity index (χ2n) is 4.74. The number of hydrogen-bond donors (Lipinski definition) is 1. The highest BCUT2D eigenvalue weighted by Gasteiger charge is 2.17. The van der Waals surface area contributed by atoms with E-state index >= 15 is 0 Å². The largest absolute Gasteiger partial charge is 0.377 e. The van der Waals surface area contributed by atoms with Crippen LogP contribution < -0.4 is 5.73 Å². The maximum absolute atomic E-state index is 5.86. The van der Waals surface area contributed by atoms with Crippen LogP contribution in [0.3, 0.4) is 0 Å². The van der Waals surface area contributed by atoms with Crippen LogP contribution >= 0.6 is 0 Å². The first-order valence-electron chi connectivity index (χ1n) is 6.44. The van der Waals surface area contributed by atoms with Crippen LogP contribution in [0.5, 0.6) is 0 Å². The Hall–Kier alpha value is -0.900. The molecule has 1 aromatic rings. The summed E-state index contributed by atoms with van der Waals surface area (Å²) in [5, 5.41) is 0. The Morgan fingerprint density at radius 3 is 2.82 bits per heavy atom. The molecule has 3 heteroatoms. The number of rotatable bonds is 6. The van der Waals surface area contributed by atoms with Crippen molar-refractivity contribution in [1.82, 2.24) is 4.90 Å². The smallest absolute Gasteiger partial charge is 0.0716 e. The zero-order chi connectivity index (χ0) is 11.9. The van der Waals surface area contributed by atoms with E-state index in [2.05, 4.69) is 17.0 Å². The Labute approximate surface area is 104 Å². The van der Waals surface area contributed by atoms with E-state index in [0.717, 1.165) is 45.7 Å². The fourth-order valence-corrected chi connectivity index (χ4v) is 2.22. The lowest BCUT2D eigenvalue weighted by molar-refractivity contribution is 0.111. The maximum atomic E-state index is 5.86. The van der Waals surface area contributed by atoms with Crippen molar-refractivity contribution in [3.05, 3.63) is 35.9 Å². The van der Waals surface area contributed by atoms with Gasteiger partial charge in [-0.3, -0.25) is 0 Å². The van der Waals surface area contributed by atoms with Gasteiger partial charge in [-0.15, -0.1) is 0 Å². The molecule has 3 nitrogen and oxygen atoms in total. The minimum Gasteiger partial charge on any atom is -0.377 e. The normalized spacial score (nSPS) is 20.9. The summed E-state index contributed by atoms with van der Waals surface area (Å²) in [4.78, 5) is 2.43. The van der Waals surface area contributed by atoms with Gasteiger partial charge in [0.1, 0.15) is 0 Å². The Balaban J connectivity index is 1.52. The van der Waals surface area contributed by atoms with E-state index in [1.165, 1.54) is 5.56 Å². The highest BCUT2D eigenvalue weighted by atomic mass is 16.5. The SMILES string of the molecule is NC1CCN(CCCOCc2ccccc2)C1. The number of likely N-dealkylation sites (tertiary alicyclic amines) is 1. The molecule has 1 fully saturated rings. The Morgan fingerprint density at radius 2 is 2.12 bits per heavy atom. The van der Waals surface area contributed by atoms with Crippen molar-refractivity contribution in [3.63, 3.8) is 0 Å². The summed E-state index contributed by atoms with van der Waals surface area (Å²) < 4.78 is 5.65. The highest BCUT2D eigenvalue weighted by molar-refractivity contribution is 5.13. The number of nitrogens with two attached hydrogens (primary N) is 1. The first-order valence-corrected chi connectivity index (χ1v) is 6.44. The van der Waals surface area contributed by atoms with Crippen LogP contribution in [0, 0.1) is 0 Å². The number of benzene rings is 1. The highest BCUT2D eigenvalue weighted by Crippen LogP contribution is 2.07. The van der Waals surface area contributed by atoms with Gasteiger partial charge in [0.15, 0.2) is 0 Å². The molecule has 0 bridgehead atoms. The lowest BCUT2D eigenvalue weighted by atomic mass is 10.2. The van der Waals surface area contributed by atoms with Gasteiger partial charge < -0.3 is 15.4 Å². The third kappa shape index (κ3) is 4.46. The molecule has 0 aromatic heterocycles. The quantitative estimate of drug-likeness (QED) is 0.760. The van der Waals surface area contributed by atoms with E-state index in [1.807, 2.05) is 18.2 Å². The number of hydrogen-bond acceptors (Lipinski definition) is 3. The molecule has 1 aliphatic heterocycles. The van der Waals surface area contributed by atoms with Crippen LogP contribution in [0.15, 0.2) is 30.3 Å². The van der Waals surface area contributed by atoms with Crippen LogP contribution in [0.2, 0.25) is 0 Å². The van der Waals surface area contributed by atoms with E-state index in [1.54, 1.807) is 0 Å². The first-order chi connectivity index (χ1) is 8.34. The molecule has 2 rings (SSSR count). The lowest BCUT2D eigenvalue weighted by Crippen LogP contribution is -2.27. The molecular formula is C14H22N2O. The second-order valence-corrected chi connectivity index (χ2v) is 4.74. The van der Waals surface area contributed by atoms with Crippen molar-refractivity contribution in [2.45, 2.75) is 25.5 Å². The van der Waals surface area contributed by atoms with Gasteiger partial charge in [0, 0.05) is 25.7 Å². The summed E-state index contributed by atoms with van der Waals surface area (Å²) in [5.74, 6) is 0. The predicted octanol–water partition coefficient (Wildman–Crippen LogP) is 1.63. The molecule has 1 aliphatic rings. The Bertz CT molecular complexity index is 315. The summed E-state index contributed by atoms with van der Waals surface area (Å²) in [5.41, 5.74) is 7.10. The zero-order valence-corrected chi connectivity index (χ0v) is 10.3. The van der Waals surface area contributed by atoms with Crippen LogP contribution in [0.25, 0.3) is 0 Å². The molecule has 1 atom stereocenters. The molecule has 0 spiro atoms. The lowest BCUT2D eigenvalue weighted by Gasteiger charge is -2.14. The van der Waals surface area contributed by atoms with Gasteiger partial charge >= 0.3 is 0 Å². The average Bonchev–Trinajstić information content (AvgIpc) is 2.76. The summed E-state index contributed by atoms with van der Waals surface area (Å²) in [6.07, 6.45) is 2.24. The van der Waals surface area contributed by atoms with Crippen LogP contribution in [0.1, 0.15) is 18.4 Å². The fraction of sp³-hybridized carbons (Fsp3) is 0.571. The van der Waals surface area contributed by atoms with Crippen molar-refractivity contribution in [1.29, 1.82) is 0 Å². The summed E-state index contributed by atoms with van der Waals surface area (Å²) >= 11 is 0. The molecule has 2 N–H and O–H groups in total. The fourth-order valence-electron chi connectivity index (χ4n) is 2.22. The van der Waals surface area contributed by atoms with Crippen molar-refractivity contribution in [3.8, 4) is 0 Å². The molecule has 1 aromatic carbocycles. The summed E-state index contributed by atoms with van der Waals surface area (Å²) in [7, 11) is 0. The molecule has 94 valence electrons. The van der Waals surface area contributed by atoms with Crippen molar-refractivity contribution >= 4 is 0 Å². The molecule has 1 saturated heterocycles. The summed E-state index contributed by atoms with van der Waals surface area (Å²) in [6, 6.07) is 10.7. The minimum atomic E-state index is 0.389. The maximum Gasteiger partial charge on any atom is 0.0716 e. The topological polar surface area (TPSA) is 38.5 Å². The standard InChI is InChI=1S/C14H22N2O/c15-14-7-9-16(11-14)8-4-10-17-12-13-5-2-1-3-6-13/h1-3,5-6,14H,4,7-12,15H2. The molecule has 1 unspecified atom stereocenters. The van der Waals surface area contributed by atoms with E-state index < -0.39 is 0 Å². The van der Waals surface area contributed by atoms with Crippen LogP contribution in [-0.4, -0.2) is 37.2 Å². The van der Waals surface area contributed by atoms with Crippen molar-refractivity contribution < 1.29 is 4.74 Å². The van der Waals surface area contributed by atoms with E-state index in [0.29, 0.717) is 6.04 Å². The van der Waals surface area contributed by atoms with E-state index in [4.69, 9.17) is 10.5 Å². The van der Waals surface area contributed by atoms with Gasteiger partial charge in [-0.25, -0.2) is 0 Å². The predicted molar refractivity (Wildman–Crippen MR) is 69.7 cm³/mol. The molecule has 17 heavy (non-hydrogen) atoms. The Morgan fingerprint density at radius 1 is 1.29 bits per heavy atom. The molecule has 0 saturated carbocycles. The molecule has 1 heterocycles. The van der Waals surface area contributed by atoms with E-state index in [9.17, 15) is 0 Å². The van der Waals surface area contributed by atoms with Gasteiger partial charge in [-0.05, 0) is 24.9 Å². The average molecular weight is 234 g/mol. The third-order valence-corrected chi connectivity index (χ3v) is 3.18. The minimum absolute atomic E-state index is 0.389. The van der Waals surface area contributed by atoms with E-state index in [-0.39, 0.29) is 0 Å². The van der Waals surface area contributed by atoms with Gasteiger partial charge in [0.05, 0.1) is 6.61 Å². The number of ether oxygens (including phenoxy) is 1. The molecule has 0 aliphatic carbocycles. The first kappa shape index (κ1) is 12.6. The molecule has 0 amide bonds. The van der Waals surface area contributed by atoms with Crippen molar-refractivity contribution in [2.24, 2.45) is 5.73 Å². The van der Waals surface area contributed by atoms with Crippen molar-refractivity contribution in [2.75, 3.05) is 26.2 Å². The second kappa shape index (κ2) is 6.74.